The molecule has 0 aromatic heterocycles. The number of rotatable bonds is 6. The van der Waals surface area contributed by atoms with E-state index in [0.717, 1.165) is 12.8 Å². The summed E-state index contributed by atoms with van der Waals surface area (Å²) >= 11 is 0. The van der Waals surface area contributed by atoms with Crippen molar-refractivity contribution in [2.75, 3.05) is 6.61 Å². The summed E-state index contributed by atoms with van der Waals surface area (Å²) < 4.78 is 0. The maximum Gasteiger partial charge on any atom is 0.237 e. The van der Waals surface area contributed by atoms with Gasteiger partial charge in [-0.25, -0.2) is 0 Å². The number of aliphatic hydroxyl groups is 1. The van der Waals surface area contributed by atoms with Crippen LogP contribution in [-0.4, -0.2) is 35.7 Å². The molecule has 4 nitrogen and oxygen atoms in total. The third kappa shape index (κ3) is 4.18. The Hall–Kier alpha value is -0.610. The fourth-order valence-electron chi connectivity index (χ4n) is 1.41. The molecule has 1 aliphatic carbocycles. The van der Waals surface area contributed by atoms with E-state index in [1.54, 1.807) is 0 Å². The molecule has 1 fully saturated rings. The van der Waals surface area contributed by atoms with Crippen LogP contribution < -0.4 is 10.6 Å². The second-order valence-electron chi connectivity index (χ2n) is 4.70. The van der Waals surface area contributed by atoms with Crippen molar-refractivity contribution in [3.8, 4) is 0 Å². The van der Waals surface area contributed by atoms with Crippen LogP contribution in [0.5, 0.6) is 0 Å². The van der Waals surface area contributed by atoms with Gasteiger partial charge >= 0.3 is 0 Å². The highest BCUT2D eigenvalue weighted by Crippen LogP contribution is 2.18. The smallest absolute Gasteiger partial charge is 0.237 e. The number of hydrogen-bond donors (Lipinski definition) is 3. The third-order valence-electron chi connectivity index (χ3n) is 2.78. The molecule has 4 heteroatoms. The van der Waals surface area contributed by atoms with Gasteiger partial charge in [-0.1, -0.05) is 13.8 Å². The van der Waals surface area contributed by atoms with Gasteiger partial charge in [-0.05, 0) is 25.7 Å². The van der Waals surface area contributed by atoms with Crippen molar-refractivity contribution < 1.29 is 9.90 Å². The summed E-state index contributed by atoms with van der Waals surface area (Å²) in [7, 11) is 0. The normalized spacial score (nSPS) is 20.1. The molecular formula is C11H22N2O2. The lowest BCUT2D eigenvalue weighted by Gasteiger charge is -2.24. The van der Waals surface area contributed by atoms with Crippen molar-refractivity contribution in [1.82, 2.24) is 10.6 Å². The predicted octanol–water partition coefficient (Wildman–Crippen LogP) is 0.260. The Morgan fingerprint density at radius 2 is 2.00 bits per heavy atom. The van der Waals surface area contributed by atoms with Crippen LogP contribution >= 0.6 is 0 Å². The van der Waals surface area contributed by atoms with Gasteiger partial charge in [-0.3, -0.25) is 4.79 Å². The highest BCUT2D eigenvalue weighted by Gasteiger charge is 2.26. The monoisotopic (exact) mass is 214 g/mol. The Labute approximate surface area is 91.4 Å². The first-order valence-electron chi connectivity index (χ1n) is 5.72. The first kappa shape index (κ1) is 12.5. The summed E-state index contributed by atoms with van der Waals surface area (Å²) in [5, 5.41) is 15.2. The first-order chi connectivity index (χ1) is 7.04. The van der Waals surface area contributed by atoms with Crippen LogP contribution in [0.2, 0.25) is 0 Å². The van der Waals surface area contributed by atoms with E-state index >= 15 is 0 Å². The zero-order valence-electron chi connectivity index (χ0n) is 9.79. The van der Waals surface area contributed by atoms with Gasteiger partial charge in [-0.2, -0.15) is 0 Å². The fourth-order valence-corrected chi connectivity index (χ4v) is 1.41. The Bertz CT molecular complexity index is 215. The van der Waals surface area contributed by atoms with Crippen molar-refractivity contribution in [2.24, 2.45) is 5.92 Å². The summed E-state index contributed by atoms with van der Waals surface area (Å²) in [5.41, 5.74) is 0. The molecule has 1 rings (SSSR count). The highest BCUT2D eigenvalue weighted by atomic mass is 16.3. The molecule has 88 valence electrons. The molecule has 0 aromatic rings. The van der Waals surface area contributed by atoms with E-state index in [4.69, 9.17) is 5.11 Å². The van der Waals surface area contributed by atoms with Crippen LogP contribution in [0.15, 0.2) is 0 Å². The Kier molecular flexibility index (Phi) is 4.54. The average molecular weight is 214 g/mol. The molecule has 0 aromatic carbocycles. The Morgan fingerprint density at radius 3 is 2.40 bits per heavy atom. The Morgan fingerprint density at radius 1 is 1.40 bits per heavy atom. The maximum absolute atomic E-state index is 11.6. The molecule has 0 spiro atoms. The van der Waals surface area contributed by atoms with Crippen molar-refractivity contribution in [1.29, 1.82) is 0 Å². The number of aliphatic hydroxyl groups excluding tert-OH is 1. The van der Waals surface area contributed by atoms with Gasteiger partial charge in [0.1, 0.15) is 0 Å². The van der Waals surface area contributed by atoms with Crippen LogP contribution in [0.1, 0.15) is 33.6 Å². The van der Waals surface area contributed by atoms with Crippen LogP contribution in [0.3, 0.4) is 0 Å². The second-order valence-corrected chi connectivity index (χ2v) is 4.70. The van der Waals surface area contributed by atoms with Crippen LogP contribution in [0, 0.1) is 5.92 Å². The van der Waals surface area contributed by atoms with E-state index in [2.05, 4.69) is 10.6 Å². The molecule has 1 saturated carbocycles. The SMILES string of the molecule is CC(NC(CO)C(C)C)C(=O)NC1CC1. The summed E-state index contributed by atoms with van der Waals surface area (Å²) in [6.07, 6.45) is 2.21. The molecule has 15 heavy (non-hydrogen) atoms. The zero-order valence-corrected chi connectivity index (χ0v) is 9.79. The van der Waals surface area contributed by atoms with Crippen LogP contribution in [0.25, 0.3) is 0 Å². The van der Waals surface area contributed by atoms with Gasteiger partial charge in [0, 0.05) is 12.1 Å². The summed E-state index contributed by atoms with van der Waals surface area (Å²) in [6, 6.07) is 0.156. The summed E-state index contributed by atoms with van der Waals surface area (Å²) in [6.45, 7) is 5.96. The molecule has 2 atom stereocenters. The molecular weight excluding hydrogens is 192 g/mol. The molecule has 2 unspecified atom stereocenters. The molecule has 1 aliphatic rings. The molecule has 0 aliphatic heterocycles. The summed E-state index contributed by atoms with van der Waals surface area (Å²) in [4.78, 5) is 11.6. The average Bonchev–Trinajstić information content (AvgIpc) is 2.96. The fraction of sp³-hybridized carbons (Fsp3) is 0.909. The van der Waals surface area contributed by atoms with E-state index in [1.165, 1.54) is 0 Å². The minimum absolute atomic E-state index is 0.00930. The molecule has 0 bridgehead atoms. The van der Waals surface area contributed by atoms with Gasteiger partial charge in [0.25, 0.3) is 0 Å². The van der Waals surface area contributed by atoms with Crippen molar-refractivity contribution in [2.45, 2.75) is 51.7 Å². The zero-order chi connectivity index (χ0) is 11.4. The topological polar surface area (TPSA) is 61.4 Å². The van der Waals surface area contributed by atoms with E-state index in [1.807, 2.05) is 20.8 Å². The van der Waals surface area contributed by atoms with E-state index in [9.17, 15) is 4.79 Å². The van der Waals surface area contributed by atoms with Gasteiger partial charge in [0.2, 0.25) is 5.91 Å². The Balaban J connectivity index is 2.31. The van der Waals surface area contributed by atoms with E-state index < -0.39 is 0 Å². The third-order valence-corrected chi connectivity index (χ3v) is 2.78. The minimum Gasteiger partial charge on any atom is -0.395 e. The van der Waals surface area contributed by atoms with Gasteiger partial charge in [0.15, 0.2) is 0 Å². The van der Waals surface area contributed by atoms with E-state index in [0.29, 0.717) is 12.0 Å². The summed E-state index contributed by atoms with van der Waals surface area (Å²) in [5.74, 6) is 0.364. The number of carbonyl (C=O) groups is 1. The lowest BCUT2D eigenvalue weighted by atomic mass is 10.0. The van der Waals surface area contributed by atoms with Gasteiger partial charge in [0.05, 0.1) is 12.6 Å². The standard InChI is InChI=1S/C11H22N2O2/c1-7(2)10(6-14)12-8(3)11(15)13-9-4-5-9/h7-10,12,14H,4-6H2,1-3H3,(H,13,15). The maximum atomic E-state index is 11.6. The largest absolute Gasteiger partial charge is 0.395 e. The molecule has 0 radical (unpaired) electrons. The van der Waals surface area contributed by atoms with Gasteiger partial charge in [-0.15, -0.1) is 0 Å². The number of amides is 1. The van der Waals surface area contributed by atoms with Crippen molar-refractivity contribution >= 4 is 5.91 Å². The van der Waals surface area contributed by atoms with E-state index in [-0.39, 0.29) is 24.6 Å². The van der Waals surface area contributed by atoms with Crippen molar-refractivity contribution in [3.63, 3.8) is 0 Å². The first-order valence-corrected chi connectivity index (χ1v) is 5.72. The number of hydrogen-bond acceptors (Lipinski definition) is 3. The van der Waals surface area contributed by atoms with Crippen LogP contribution in [-0.2, 0) is 4.79 Å². The van der Waals surface area contributed by atoms with Gasteiger partial charge < -0.3 is 15.7 Å². The number of carbonyl (C=O) groups excluding carboxylic acids is 1. The lowest BCUT2D eigenvalue weighted by molar-refractivity contribution is -0.123. The second kappa shape index (κ2) is 5.47. The molecule has 3 N–H and O–H groups in total. The number of nitrogens with one attached hydrogen (secondary N) is 2. The molecule has 0 heterocycles. The van der Waals surface area contributed by atoms with Crippen molar-refractivity contribution in [3.05, 3.63) is 0 Å². The lowest BCUT2D eigenvalue weighted by Crippen LogP contribution is -2.50. The quantitative estimate of drug-likeness (QED) is 0.594. The minimum atomic E-state index is -0.231. The molecule has 0 saturated heterocycles. The van der Waals surface area contributed by atoms with Crippen LogP contribution in [0.4, 0.5) is 0 Å². The predicted molar refractivity (Wildman–Crippen MR) is 59.5 cm³/mol. The molecule has 1 amide bonds. The highest BCUT2D eigenvalue weighted by molar-refractivity contribution is 5.81.